The van der Waals surface area contributed by atoms with Gasteiger partial charge in [0.1, 0.15) is 3.14 Å². The summed E-state index contributed by atoms with van der Waals surface area (Å²) in [4.78, 5) is 0. The molecule has 0 amide bonds. The summed E-state index contributed by atoms with van der Waals surface area (Å²) in [5.41, 5.74) is 0. The lowest BCUT2D eigenvalue weighted by molar-refractivity contribution is 0.222. The minimum Gasteiger partial charge on any atom is -0.307 e. The highest BCUT2D eigenvalue weighted by Gasteiger charge is 2.42. The van der Waals surface area contributed by atoms with Crippen molar-refractivity contribution in [3.63, 3.8) is 0 Å². The summed E-state index contributed by atoms with van der Waals surface area (Å²) in [7, 11) is -3.03. The Balaban J connectivity index is 2.17. The van der Waals surface area contributed by atoms with Crippen LogP contribution in [0.3, 0.4) is 0 Å². The number of hydrogen-bond acceptors (Lipinski definition) is 8. The van der Waals surface area contributed by atoms with Gasteiger partial charge in [-0.25, -0.2) is 0 Å². The van der Waals surface area contributed by atoms with Crippen LogP contribution in [0, 0.1) is 3.14 Å². The summed E-state index contributed by atoms with van der Waals surface area (Å²) in [6, 6.07) is 0. The molecule has 0 aromatic carbocycles. The molecule has 1 aromatic rings. The van der Waals surface area contributed by atoms with Crippen molar-refractivity contribution in [3.8, 4) is 0 Å². The quantitative estimate of drug-likeness (QED) is 0.533. The first kappa shape index (κ1) is 14.5. The van der Waals surface area contributed by atoms with Crippen molar-refractivity contribution in [2.45, 2.75) is 26.6 Å². The summed E-state index contributed by atoms with van der Waals surface area (Å²) in [5.74, 6) is 0. The van der Waals surface area contributed by atoms with E-state index in [1.807, 2.05) is 13.8 Å². The Morgan fingerprint density at radius 2 is 1.65 bits per heavy atom. The van der Waals surface area contributed by atoms with Gasteiger partial charge in [-0.1, -0.05) is 35.7 Å². The van der Waals surface area contributed by atoms with E-state index in [2.05, 4.69) is 0 Å². The van der Waals surface area contributed by atoms with E-state index < -0.39 is 7.60 Å². The summed E-state index contributed by atoms with van der Waals surface area (Å²) in [6.07, 6.45) is 0. The zero-order valence-electron chi connectivity index (χ0n) is 9.20. The fourth-order valence-corrected chi connectivity index (χ4v) is 11.6. The molecule has 0 bridgehead atoms. The number of fused-ring (bicyclic) bond motifs is 1. The average molecular weight is 346 g/mol. The molecule has 2 rings (SSSR count). The Bertz CT molecular complexity index is 459. The maximum atomic E-state index is 12.6. The molecule has 3 nitrogen and oxygen atoms in total. The van der Waals surface area contributed by atoms with E-state index in [9.17, 15) is 4.57 Å². The highest BCUT2D eigenvalue weighted by molar-refractivity contribution is 8.27. The molecule has 2 heterocycles. The second-order valence-corrected chi connectivity index (χ2v) is 12.0. The standard InChI is InChI=1S/C8H11O3PS5/c1-3-10-12(9,11-4-2)7-14-5-6(15-7)17-8(13)16-5/h7H,3-4H2,1-2H3. The van der Waals surface area contributed by atoms with E-state index in [1.165, 1.54) is 0 Å². The predicted molar refractivity (Wildman–Crippen MR) is 79.4 cm³/mol. The van der Waals surface area contributed by atoms with E-state index in [-0.39, 0.29) is 4.32 Å². The molecular weight excluding hydrogens is 335 g/mol. The third-order valence-corrected chi connectivity index (χ3v) is 11.3. The van der Waals surface area contributed by atoms with E-state index in [4.69, 9.17) is 21.3 Å². The molecule has 1 aromatic heterocycles. The first-order valence-electron chi connectivity index (χ1n) is 4.95. The van der Waals surface area contributed by atoms with Crippen molar-refractivity contribution in [1.82, 2.24) is 0 Å². The van der Waals surface area contributed by atoms with Gasteiger partial charge in [-0.3, -0.25) is 4.57 Å². The van der Waals surface area contributed by atoms with Crippen molar-refractivity contribution in [2.75, 3.05) is 13.2 Å². The van der Waals surface area contributed by atoms with Crippen LogP contribution in [0.15, 0.2) is 8.42 Å². The molecule has 1 aliphatic rings. The molecule has 1 aliphatic heterocycles. The maximum absolute atomic E-state index is 12.6. The summed E-state index contributed by atoms with van der Waals surface area (Å²) >= 11 is 11.4. The molecule has 0 atom stereocenters. The lowest BCUT2D eigenvalue weighted by atomic mass is 10.9. The Labute approximate surface area is 122 Å². The van der Waals surface area contributed by atoms with Crippen molar-refractivity contribution in [1.29, 1.82) is 0 Å². The second-order valence-electron chi connectivity index (χ2n) is 2.95. The monoisotopic (exact) mass is 346 g/mol. The fourth-order valence-electron chi connectivity index (χ4n) is 1.26. The summed E-state index contributed by atoms with van der Waals surface area (Å²) in [5, 5.41) is 0. The molecule has 0 saturated carbocycles. The Kier molecular flexibility index (Phi) is 5.17. The molecule has 9 heteroatoms. The lowest BCUT2D eigenvalue weighted by Gasteiger charge is -2.21. The molecule has 17 heavy (non-hydrogen) atoms. The second kappa shape index (κ2) is 6.05. The minimum absolute atomic E-state index is 0.185. The van der Waals surface area contributed by atoms with Crippen LogP contribution in [0.5, 0.6) is 0 Å². The molecule has 96 valence electrons. The van der Waals surface area contributed by atoms with Crippen LogP contribution in [0.4, 0.5) is 0 Å². The van der Waals surface area contributed by atoms with Crippen LogP contribution < -0.4 is 0 Å². The number of thioether (sulfide) groups is 2. The molecule has 0 fully saturated rings. The molecule has 0 radical (unpaired) electrons. The van der Waals surface area contributed by atoms with Crippen molar-refractivity contribution < 1.29 is 13.6 Å². The van der Waals surface area contributed by atoms with E-state index in [0.717, 1.165) is 11.6 Å². The SMILES string of the molecule is CCOP(=O)(OCC)C1Sc2sc(=S)sc2S1. The highest BCUT2D eigenvalue weighted by atomic mass is 32.3. The smallest absolute Gasteiger partial charge is 0.307 e. The molecule has 0 N–H and O–H groups in total. The molecule has 0 unspecified atom stereocenters. The van der Waals surface area contributed by atoms with Gasteiger partial charge in [0, 0.05) is 0 Å². The average Bonchev–Trinajstić information content (AvgIpc) is 2.75. The first-order valence-corrected chi connectivity index (χ1v) is 10.4. The van der Waals surface area contributed by atoms with Gasteiger partial charge in [-0.05, 0) is 13.8 Å². The Hall–Kier alpha value is 1.12. The molecule has 0 aliphatic carbocycles. The van der Waals surface area contributed by atoms with Gasteiger partial charge in [0.25, 0.3) is 0 Å². The van der Waals surface area contributed by atoms with Crippen molar-refractivity contribution in [2.24, 2.45) is 0 Å². The van der Waals surface area contributed by atoms with Crippen LogP contribution in [0.25, 0.3) is 0 Å². The number of rotatable bonds is 5. The number of hydrogen-bond donors (Lipinski definition) is 0. The van der Waals surface area contributed by atoms with Gasteiger partial charge < -0.3 is 9.05 Å². The van der Waals surface area contributed by atoms with Gasteiger partial charge in [-0.2, -0.15) is 0 Å². The van der Waals surface area contributed by atoms with Crippen LogP contribution in [-0.2, 0) is 13.6 Å². The van der Waals surface area contributed by atoms with Gasteiger partial charge in [0.15, 0.2) is 4.32 Å². The first-order chi connectivity index (χ1) is 8.09. The van der Waals surface area contributed by atoms with Gasteiger partial charge >= 0.3 is 7.60 Å². The van der Waals surface area contributed by atoms with Crippen LogP contribution in [0.1, 0.15) is 13.8 Å². The third kappa shape index (κ3) is 3.17. The van der Waals surface area contributed by atoms with Crippen LogP contribution in [0.2, 0.25) is 0 Å². The summed E-state index contributed by atoms with van der Waals surface area (Å²) < 4.78 is 26.3. The topological polar surface area (TPSA) is 35.5 Å². The third-order valence-electron chi connectivity index (χ3n) is 1.81. The normalized spacial score (nSPS) is 16.4. The molecule has 0 saturated heterocycles. The largest absolute Gasteiger partial charge is 0.354 e. The van der Waals surface area contributed by atoms with Crippen molar-refractivity contribution in [3.05, 3.63) is 3.14 Å². The van der Waals surface area contributed by atoms with E-state index >= 15 is 0 Å². The van der Waals surface area contributed by atoms with Gasteiger partial charge in [-0.15, -0.1) is 22.7 Å². The molecule has 0 spiro atoms. The van der Waals surface area contributed by atoms with E-state index in [1.54, 1.807) is 46.2 Å². The molecular formula is C8H11O3PS5. The predicted octanol–water partition coefficient (Wildman–Crippen LogP) is 5.29. The van der Waals surface area contributed by atoms with Crippen LogP contribution in [-0.4, -0.2) is 17.5 Å². The zero-order valence-corrected chi connectivity index (χ0v) is 14.2. The highest BCUT2D eigenvalue weighted by Crippen LogP contribution is 2.69. The van der Waals surface area contributed by atoms with Gasteiger partial charge in [0.05, 0.1) is 21.6 Å². The van der Waals surface area contributed by atoms with Crippen molar-refractivity contribution >= 4 is 66.0 Å². The zero-order chi connectivity index (χ0) is 12.5. The lowest BCUT2D eigenvalue weighted by Crippen LogP contribution is -2.04. The van der Waals surface area contributed by atoms with E-state index in [0.29, 0.717) is 13.2 Å². The fraction of sp³-hybridized carbons (Fsp3) is 0.625. The van der Waals surface area contributed by atoms with Gasteiger partial charge in [0.2, 0.25) is 0 Å². The Morgan fingerprint density at radius 1 is 1.18 bits per heavy atom. The minimum atomic E-state index is -3.03. The van der Waals surface area contributed by atoms with Crippen LogP contribution >= 0.6 is 66.0 Å². The summed E-state index contributed by atoms with van der Waals surface area (Å²) in [6.45, 7) is 4.46. The maximum Gasteiger partial charge on any atom is 0.354 e. The Morgan fingerprint density at radius 3 is 2.06 bits per heavy atom.